The monoisotopic (exact) mass is 361 g/mol. The Morgan fingerprint density at radius 1 is 1.27 bits per heavy atom. The molecule has 5 nitrogen and oxygen atoms in total. The summed E-state index contributed by atoms with van der Waals surface area (Å²) in [4.78, 5) is 11.5. The van der Waals surface area contributed by atoms with Crippen molar-refractivity contribution in [1.82, 2.24) is 5.32 Å². The number of carboxylic acid groups (broad SMARTS) is 1. The Labute approximate surface area is 156 Å². The Hall–Kier alpha value is -1.85. The second-order valence-corrected chi connectivity index (χ2v) is 7.18. The smallest absolute Gasteiger partial charge is 0.336 e. The number of allylic oxidation sites excluding steroid dienone is 1. The maximum atomic E-state index is 11.5. The Morgan fingerprint density at radius 3 is 2.69 bits per heavy atom. The molecule has 1 saturated carbocycles. The van der Waals surface area contributed by atoms with Crippen molar-refractivity contribution in [2.75, 3.05) is 13.2 Å². The summed E-state index contributed by atoms with van der Waals surface area (Å²) in [6.07, 6.45) is 6.36. The van der Waals surface area contributed by atoms with Crippen LogP contribution in [-0.4, -0.2) is 36.4 Å². The first-order valence-electron chi connectivity index (χ1n) is 9.39. The van der Waals surface area contributed by atoms with Gasteiger partial charge in [0.2, 0.25) is 0 Å². The Bertz CT molecular complexity index is 622. The number of hydrogen-bond donors (Lipinski definition) is 2. The van der Waals surface area contributed by atoms with E-state index < -0.39 is 5.97 Å². The number of hydrogen-bond acceptors (Lipinski definition) is 4. The third-order valence-electron chi connectivity index (χ3n) is 4.62. The predicted octanol–water partition coefficient (Wildman–Crippen LogP) is 4.05. The molecule has 2 atom stereocenters. The SMILES string of the molecule is CC(C)=CNCCO[C@H]1CCC[C@@H](OCc2cccc(C)c2C(=O)O)C1. The number of rotatable bonds is 9. The van der Waals surface area contributed by atoms with E-state index in [1.54, 1.807) is 0 Å². The van der Waals surface area contributed by atoms with Crippen molar-refractivity contribution in [2.24, 2.45) is 0 Å². The van der Waals surface area contributed by atoms with Crippen molar-refractivity contribution >= 4 is 5.97 Å². The van der Waals surface area contributed by atoms with Crippen molar-refractivity contribution in [3.8, 4) is 0 Å². The van der Waals surface area contributed by atoms with Crippen LogP contribution < -0.4 is 5.32 Å². The number of carboxylic acids is 1. The fourth-order valence-electron chi connectivity index (χ4n) is 3.33. The van der Waals surface area contributed by atoms with Crippen LogP contribution in [0.3, 0.4) is 0 Å². The van der Waals surface area contributed by atoms with Crippen LogP contribution in [-0.2, 0) is 16.1 Å². The van der Waals surface area contributed by atoms with Crippen molar-refractivity contribution in [3.63, 3.8) is 0 Å². The normalized spacial score (nSPS) is 19.8. The average molecular weight is 361 g/mol. The van der Waals surface area contributed by atoms with Gasteiger partial charge in [-0.2, -0.15) is 0 Å². The van der Waals surface area contributed by atoms with Gasteiger partial charge in [0.15, 0.2) is 0 Å². The maximum absolute atomic E-state index is 11.5. The van der Waals surface area contributed by atoms with Gasteiger partial charge in [-0.05, 0) is 63.8 Å². The third-order valence-corrected chi connectivity index (χ3v) is 4.62. The topological polar surface area (TPSA) is 67.8 Å². The zero-order chi connectivity index (χ0) is 18.9. The van der Waals surface area contributed by atoms with E-state index in [0.717, 1.165) is 43.4 Å². The predicted molar refractivity (Wildman–Crippen MR) is 102 cm³/mol. The molecule has 26 heavy (non-hydrogen) atoms. The number of carbonyl (C=O) groups is 1. The number of ether oxygens (including phenoxy) is 2. The van der Waals surface area contributed by atoms with Gasteiger partial charge in [0.25, 0.3) is 0 Å². The fraction of sp³-hybridized carbons (Fsp3) is 0.571. The van der Waals surface area contributed by atoms with Crippen molar-refractivity contribution in [3.05, 3.63) is 46.7 Å². The summed E-state index contributed by atoms with van der Waals surface area (Å²) >= 11 is 0. The van der Waals surface area contributed by atoms with Gasteiger partial charge in [0.05, 0.1) is 31.0 Å². The van der Waals surface area contributed by atoms with Crippen molar-refractivity contribution in [2.45, 2.75) is 65.3 Å². The summed E-state index contributed by atoms with van der Waals surface area (Å²) in [6.45, 7) is 7.76. The maximum Gasteiger partial charge on any atom is 0.336 e. The molecule has 1 aliphatic carbocycles. The molecule has 5 heteroatoms. The molecule has 0 unspecified atom stereocenters. The first-order chi connectivity index (χ1) is 12.5. The van der Waals surface area contributed by atoms with Crippen LogP contribution in [0.1, 0.15) is 61.0 Å². The first-order valence-corrected chi connectivity index (χ1v) is 9.39. The lowest BCUT2D eigenvalue weighted by atomic mass is 9.94. The molecule has 0 heterocycles. The zero-order valence-electron chi connectivity index (χ0n) is 16.1. The standard InChI is InChI=1S/C21H31NO4/c1-15(2)13-22-10-11-25-18-8-5-9-19(12-18)26-14-17-7-4-6-16(3)20(17)21(23)24/h4,6-7,13,18-19,22H,5,8-12,14H2,1-3H3,(H,23,24)/t18-,19+/m0/s1. The first kappa shape index (κ1) is 20.5. The van der Waals surface area contributed by atoms with E-state index in [1.165, 1.54) is 5.57 Å². The Morgan fingerprint density at radius 2 is 2.00 bits per heavy atom. The van der Waals surface area contributed by atoms with Gasteiger partial charge in [-0.25, -0.2) is 4.79 Å². The van der Waals surface area contributed by atoms with Gasteiger partial charge in [0, 0.05) is 6.54 Å². The van der Waals surface area contributed by atoms with Crippen molar-refractivity contribution < 1.29 is 19.4 Å². The van der Waals surface area contributed by atoms with Gasteiger partial charge < -0.3 is 19.9 Å². The highest BCUT2D eigenvalue weighted by molar-refractivity contribution is 5.91. The second kappa shape index (κ2) is 10.3. The molecule has 1 fully saturated rings. The van der Waals surface area contributed by atoms with Crippen LogP contribution in [0.5, 0.6) is 0 Å². The molecule has 144 valence electrons. The minimum atomic E-state index is -0.893. The zero-order valence-corrected chi connectivity index (χ0v) is 16.1. The van der Waals surface area contributed by atoms with E-state index in [4.69, 9.17) is 9.47 Å². The van der Waals surface area contributed by atoms with Crippen LogP contribution in [0.4, 0.5) is 0 Å². The van der Waals surface area contributed by atoms with E-state index in [9.17, 15) is 9.90 Å². The van der Waals surface area contributed by atoms with E-state index >= 15 is 0 Å². The molecule has 1 aromatic rings. The van der Waals surface area contributed by atoms with Crippen molar-refractivity contribution in [1.29, 1.82) is 0 Å². The molecule has 0 saturated heterocycles. The summed E-state index contributed by atoms with van der Waals surface area (Å²) in [5.74, 6) is -0.893. The number of aromatic carboxylic acids is 1. The van der Waals surface area contributed by atoms with Gasteiger partial charge >= 0.3 is 5.97 Å². The Kier molecular flexibility index (Phi) is 8.13. The summed E-state index contributed by atoms with van der Waals surface area (Å²) in [6, 6.07) is 5.54. The lowest BCUT2D eigenvalue weighted by molar-refractivity contribution is -0.0492. The molecular weight excluding hydrogens is 330 g/mol. The van der Waals surface area contributed by atoms with Crippen LogP contribution in [0.2, 0.25) is 0 Å². The average Bonchev–Trinajstić information content (AvgIpc) is 2.59. The second-order valence-electron chi connectivity index (χ2n) is 7.18. The summed E-state index contributed by atoms with van der Waals surface area (Å²) in [7, 11) is 0. The molecular formula is C21H31NO4. The summed E-state index contributed by atoms with van der Waals surface area (Å²) < 4.78 is 12.0. The molecule has 2 N–H and O–H groups in total. The quantitative estimate of drug-likeness (QED) is 0.650. The van der Waals surface area contributed by atoms with Crippen LogP contribution >= 0.6 is 0 Å². The fourth-order valence-corrected chi connectivity index (χ4v) is 3.33. The highest BCUT2D eigenvalue weighted by atomic mass is 16.5. The van der Waals surface area contributed by atoms with Gasteiger partial charge in [-0.3, -0.25) is 0 Å². The molecule has 0 radical (unpaired) electrons. The molecule has 2 rings (SSSR count). The van der Waals surface area contributed by atoms with E-state index in [2.05, 4.69) is 19.2 Å². The lowest BCUT2D eigenvalue weighted by Gasteiger charge is -2.29. The molecule has 0 aromatic heterocycles. The number of nitrogens with one attached hydrogen (secondary N) is 1. The molecule has 0 amide bonds. The minimum absolute atomic E-state index is 0.127. The summed E-state index contributed by atoms with van der Waals surface area (Å²) in [5.41, 5.74) is 3.12. The summed E-state index contributed by atoms with van der Waals surface area (Å²) in [5, 5.41) is 12.6. The van der Waals surface area contributed by atoms with E-state index in [0.29, 0.717) is 18.8 Å². The molecule has 0 bridgehead atoms. The molecule has 1 aromatic carbocycles. The number of aryl methyl sites for hydroxylation is 1. The largest absolute Gasteiger partial charge is 0.478 e. The van der Waals surface area contributed by atoms with E-state index in [1.807, 2.05) is 31.3 Å². The van der Waals surface area contributed by atoms with Crippen LogP contribution in [0.25, 0.3) is 0 Å². The lowest BCUT2D eigenvalue weighted by Crippen LogP contribution is -2.30. The highest BCUT2D eigenvalue weighted by Crippen LogP contribution is 2.25. The third kappa shape index (κ3) is 6.46. The van der Waals surface area contributed by atoms with Gasteiger partial charge in [-0.15, -0.1) is 0 Å². The van der Waals surface area contributed by atoms with Crippen LogP contribution in [0.15, 0.2) is 30.0 Å². The van der Waals surface area contributed by atoms with Gasteiger partial charge in [0.1, 0.15) is 0 Å². The Balaban J connectivity index is 1.79. The van der Waals surface area contributed by atoms with Gasteiger partial charge in [-0.1, -0.05) is 23.8 Å². The highest BCUT2D eigenvalue weighted by Gasteiger charge is 2.23. The van der Waals surface area contributed by atoms with E-state index in [-0.39, 0.29) is 12.2 Å². The number of benzene rings is 1. The van der Waals surface area contributed by atoms with Crippen LogP contribution in [0, 0.1) is 6.92 Å². The molecule has 0 spiro atoms. The minimum Gasteiger partial charge on any atom is -0.478 e. The molecule has 1 aliphatic rings. The molecule has 0 aliphatic heterocycles.